The highest BCUT2D eigenvalue weighted by Gasteiger charge is 2.07. The summed E-state index contributed by atoms with van der Waals surface area (Å²) in [5, 5.41) is 3.24. The second-order valence-electron chi connectivity index (χ2n) is 2.50. The average Bonchev–Trinajstić information content (AvgIpc) is 2.43. The number of benzene rings is 1. The molecule has 0 unspecified atom stereocenters. The number of halogens is 2. The van der Waals surface area contributed by atoms with Crippen molar-refractivity contribution in [3.63, 3.8) is 0 Å². The van der Waals surface area contributed by atoms with E-state index in [0.717, 1.165) is 6.20 Å². The fourth-order valence-electron chi connectivity index (χ4n) is 0.921. The fraction of sp³-hybridized carbons (Fsp3) is 0. The lowest BCUT2D eigenvalue weighted by Crippen LogP contribution is -2.21. The van der Waals surface area contributed by atoms with Gasteiger partial charge in [0.05, 0.1) is 23.8 Å². The lowest BCUT2D eigenvalue weighted by Gasteiger charge is -2.04. The lowest BCUT2D eigenvalue weighted by molar-refractivity contribution is 0.807. The van der Waals surface area contributed by atoms with Gasteiger partial charge in [-0.25, -0.2) is 0 Å². The summed E-state index contributed by atoms with van der Waals surface area (Å²) >= 11 is 11.3. The molecule has 1 heterocycles. The minimum absolute atomic E-state index is 0.0831. The molecule has 0 saturated heterocycles. The highest BCUT2D eigenvalue weighted by Crippen LogP contribution is 2.15. The van der Waals surface area contributed by atoms with Crippen LogP contribution in [-0.4, -0.2) is 9.78 Å². The topological polar surface area (TPSA) is 34.9 Å². The Morgan fingerprint density at radius 1 is 1.27 bits per heavy atom. The third-order valence-electron chi connectivity index (χ3n) is 1.57. The van der Waals surface area contributed by atoms with Gasteiger partial charge in [-0.05, 0) is 12.1 Å². The van der Waals surface area contributed by atoms with E-state index in [1.807, 2.05) is 0 Å². The van der Waals surface area contributed by atoms with Gasteiger partial charge in [-0.15, -0.1) is 0 Å². The van der Waals surface area contributed by atoms with Gasteiger partial charge in [0.25, 0.3) is 5.56 Å². The van der Waals surface area contributed by atoms with E-state index in [9.17, 15) is 4.79 Å². The van der Waals surface area contributed by atoms with E-state index in [1.165, 1.54) is 0 Å². The van der Waals surface area contributed by atoms with Crippen molar-refractivity contribution < 1.29 is 6.85 Å². The molecule has 2 rings (SSSR count). The van der Waals surface area contributed by atoms with Crippen molar-refractivity contribution in [3.8, 4) is 5.69 Å². The van der Waals surface area contributed by atoms with Crippen LogP contribution in [0, 0.1) is 0 Å². The second kappa shape index (κ2) is 4.04. The van der Waals surface area contributed by atoms with E-state index in [0.29, 0.717) is 4.68 Å². The SMILES string of the molecule is [2H]c1c([2H])c([2H])c(-n2ncc(Cl)c(Cl)c2=O)c([2H])c1[2H]. The van der Waals surface area contributed by atoms with Crippen LogP contribution < -0.4 is 5.56 Å². The molecular formula is C10H6Cl2N2O. The Kier molecular flexibility index (Phi) is 1.53. The number of para-hydroxylation sites is 1. The standard InChI is InChI=1S/C10H6Cl2N2O/c11-8-6-13-14(10(15)9(8)12)7-4-2-1-3-5-7/h1-6H/i1D,2D,3D,4D,5D. The molecule has 0 N–H and O–H groups in total. The van der Waals surface area contributed by atoms with Crippen molar-refractivity contribution in [1.82, 2.24) is 9.78 Å². The summed E-state index contributed by atoms with van der Waals surface area (Å²) < 4.78 is 38.7. The summed E-state index contributed by atoms with van der Waals surface area (Å²) in [4.78, 5) is 12.0. The molecule has 0 aliphatic carbocycles. The molecule has 0 aliphatic heterocycles. The van der Waals surface area contributed by atoms with E-state index in [-0.39, 0.29) is 15.7 Å². The van der Waals surface area contributed by atoms with Crippen LogP contribution in [0.2, 0.25) is 10.0 Å². The molecule has 5 heteroatoms. The van der Waals surface area contributed by atoms with Crippen molar-refractivity contribution in [3.05, 3.63) is 56.8 Å². The van der Waals surface area contributed by atoms with Gasteiger partial charge in [-0.2, -0.15) is 9.78 Å². The Hall–Kier alpha value is -1.32. The number of hydrogen-bond acceptors (Lipinski definition) is 2. The van der Waals surface area contributed by atoms with Gasteiger partial charge >= 0.3 is 0 Å². The summed E-state index contributed by atoms with van der Waals surface area (Å²) in [6, 6.07) is -2.80. The normalized spacial score (nSPS) is 14.9. The summed E-state index contributed by atoms with van der Waals surface area (Å²) in [7, 11) is 0. The summed E-state index contributed by atoms with van der Waals surface area (Å²) in [6.45, 7) is 0. The average molecular weight is 246 g/mol. The third-order valence-corrected chi connectivity index (χ3v) is 2.32. The van der Waals surface area contributed by atoms with Crippen molar-refractivity contribution in [2.45, 2.75) is 0 Å². The van der Waals surface area contributed by atoms with E-state index in [1.54, 1.807) is 0 Å². The van der Waals surface area contributed by atoms with Crippen LogP contribution in [0.5, 0.6) is 0 Å². The molecule has 1 aromatic carbocycles. The number of aromatic nitrogens is 2. The van der Waals surface area contributed by atoms with Crippen LogP contribution in [-0.2, 0) is 0 Å². The Bertz CT molecular complexity index is 748. The van der Waals surface area contributed by atoms with Crippen LogP contribution in [0.4, 0.5) is 0 Å². The largest absolute Gasteiger partial charge is 0.291 e. The zero-order valence-electron chi connectivity index (χ0n) is 12.1. The minimum Gasteiger partial charge on any atom is -0.266 e. The smallest absolute Gasteiger partial charge is 0.266 e. The third kappa shape index (κ3) is 1.89. The second-order valence-corrected chi connectivity index (χ2v) is 3.28. The van der Waals surface area contributed by atoms with E-state index in [2.05, 4.69) is 5.10 Å². The summed E-state index contributed by atoms with van der Waals surface area (Å²) in [5.41, 5.74) is -1.24. The molecule has 15 heavy (non-hydrogen) atoms. The number of rotatable bonds is 1. The highest BCUT2D eigenvalue weighted by molar-refractivity contribution is 6.41. The maximum absolute atomic E-state index is 12.0. The summed E-state index contributed by atoms with van der Waals surface area (Å²) in [6.07, 6.45) is 1.06. The van der Waals surface area contributed by atoms with Gasteiger partial charge < -0.3 is 0 Å². The van der Waals surface area contributed by atoms with Crippen LogP contribution in [0.3, 0.4) is 0 Å². The molecule has 3 nitrogen and oxygen atoms in total. The zero-order chi connectivity index (χ0) is 15.2. The molecule has 2 aromatic rings. The Morgan fingerprint density at radius 3 is 2.60 bits per heavy atom. The van der Waals surface area contributed by atoms with Crippen LogP contribution in [0.1, 0.15) is 6.85 Å². The zero-order valence-corrected chi connectivity index (χ0v) is 8.65. The van der Waals surface area contributed by atoms with Gasteiger partial charge in [0, 0.05) is 0 Å². The monoisotopic (exact) mass is 245 g/mol. The van der Waals surface area contributed by atoms with Crippen LogP contribution in [0.25, 0.3) is 5.69 Å². The molecule has 0 fully saturated rings. The minimum atomic E-state index is -0.863. The first-order chi connectivity index (χ1) is 9.27. The van der Waals surface area contributed by atoms with Crippen LogP contribution >= 0.6 is 23.2 Å². The predicted molar refractivity (Wildman–Crippen MR) is 59.9 cm³/mol. The molecule has 0 amide bonds. The Balaban J connectivity index is 2.91. The molecule has 0 atom stereocenters. The quantitative estimate of drug-likeness (QED) is 0.774. The van der Waals surface area contributed by atoms with Crippen molar-refractivity contribution in [2.75, 3.05) is 0 Å². The van der Waals surface area contributed by atoms with E-state index >= 15 is 0 Å². The maximum Gasteiger partial charge on any atom is 0.291 e. The highest BCUT2D eigenvalue weighted by atomic mass is 35.5. The van der Waals surface area contributed by atoms with Gasteiger partial charge in [0.2, 0.25) is 0 Å². The summed E-state index contributed by atoms with van der Waals surface area (Å²) in [5.74, 6) is 0. The van der Waals surface area contributed by atoms with E-state index < -0.39 is 35.8 Å². The fourth-order valence-corrected chi connectivity index (χ4v) is 1.17. The molecule has 1 aromatic heterocycles. The predicted octanol–water partition coefficient (Wildman–Crippen LogP) is 2.54. The Labute approximate surface area is 103 Å². The maximum atomic E-state index is 12.0. The number of nitrogens with zero attached hydrogens (tertiary/aromatic N) is 2. The van der Waals surface area contributed by atoms with E-state index in [4.69, 9.17) is 30.1 Å². The molecule has 0 aliphatic rings. The van der Waals surface area contributed by atoms with Gasteiger partial charge in [-0.3, -0.25) is 4.79 Å². The van der Waals surface area contributed by atoms with Crippen molar-refractivity contribution in [2.24, 2.45) is 0 Å². The molecule has 0 bridgehead atoms. The van der Waals surface area contributed by atoms with Gasteiger partial charge in [-0.1, -0.05) is 41.3 Å². The first kappa shape index (κ1) is 5.68. The first-order valence-corrected chi connectivity index (χ1v) is 4.53. The first-order valence-electron chi connectivity index (χ1n) is 6.28. The van der Waals surface area contributed by atoms with Crippen LogP contribution in [0.15, 0.2) is 41.2 Å². The number of hydrogen-bond donors (Lipinski definition) is 0. The molecule has 76 valence electrons. The van der Waals surface area contributed by atoms with Gasteiger partial charge in [0.1, 0.15) is 5.02 Å². The van der Waals surface area contributed by atoms with Crippen molar-refractivity contribution >= 4 is 23.2 Å². The lowest BCUT2D eigenvalue weighted by atomic mass is 10.3. The molecule has 0 radical (unpaired) electrons. The van der Waals surface area contributed by atoms with Crippen molar-refractivity contribution in [1.29, 1.82) is 0 Å². The molecule has 0 spiro atoms. The Morgan fingerprint density at radius 2 is 1.93 bits per heavy atom. The van der Waals surface area contributed by atoms with Gasteiger partial charge in [0.15, 0.2) is 0 Å². The molecule has 0 saturated carbocycles. The molecular weight excluding hydrogens is 235 g/mol.